The molecule has 116 valence electrons. The highest BCUT2D eigenvalue weighted by Crippen LogP contribution is 2.33. The molecule has 3 rings (SSSR count). The van der Waals surface area contributed by atoms with Crippen molar-refractivity contribution in [3.63, 3.8) is 0 Å². The number of aliphatic hydroxyl groups excluding tert-OH is 1. The average Bonchev–Trinajstić information content (AvgIpc) is 2.78. The number of rotatable bonds is 3. The number of hydrogen-bond donors (Lipinski definition) is 2. The van der Waals surface area contributed by atoms with Gasteiger partial charge < -0.3 is 20.1 Å². The van der Waals surface area contributed by atoms with E-state index < -0.39 is 0 Å². The van der Waals surface area contributed by atoms with Crippen molar-refractivity contribution >= 4 is 18.3 Å². The molecule has 3 heterocycles. The van der Waals surface area contributed by atoms with E-state index in [9.17, 15) is 4.79 Å². The molecular formula is C14H25ClN2O3. The van der Waals surface area contributed by atoms with E-state index in [-0.39, 0.29) is 31.0 Å². The minimum atomic E-state index is -0.193. The fourth-order valence-corrected chi connectivity index (χ4v) is 3.77. The Morgan fingerprint density at radius 1 is 1.30 bits per heavy atom. The van der Waals surface area contributed by atoms with Gasteiger partial charge in [0, 0.05) is 31.6 Å². The second-order valence-electron chi connectivity index (χ2n) is 6.19. The second-order valence-corrected chi connectivity index (χ2v) is 6.19. The Bertz CT molecular complexity index is 330. The molecule has 20 heavy (non-hydrogen) atoms. The lowest BCUT2D eigenvalue weighted by Gasteiger charge is -2.34. The Kier molecular flexibility index (Phi) is 5.66. The van der Waals surface area contributed by atoms with Gasteiger partial charge >= 0.3 is 0 Å². The molecule has 3 saturated heterocycles. The summed E-state index contributed by atoms with van der Waals surface area (Å²) in [6, 6.07) is 1.29. The van der Waals surface area contributed by atoms with E-state index in [0.29, 0.717) is 44.1 Å². The van der Waals surface area contributed by atoms with Crippen LogP contribution in [0, 0.1) is 5.92 Å². The third-order valence-corrected chi connectivity index (χ3v) is 4.73. The average molecular weight is 305 g/mol. The summed E-state index contributed by atoms with van der Waals surface area (Å²) in [4.78, 5) is 14.2. The first-order chi connectivity index (χ1) is 9.24. The summed E-state index contributed by atoms with van der Waals surface area (Å²) in [6.07, 6.45) is 5.33. The first kappa shape index (κ1) is 16.0. The molecule has 2 N–H and O–H groups in total. The van der Waals surface area contributed by atoms with Crippen molar-refractivity contribution in [2.24, 2.45) is 5.92 Å². The maximum absolute atomic E-state index is 12.3. The third kappa shape index (κ3) is 3.64. The van der Waals surface area contributed by atoms with Gasteiger partial charge in [-0.3, -0.25) is 4.79 Å². The molecule has 2 bridgehead atoms. The molecule has 0 saturated carbocycles. The quantitative estimate of drug-likeness (QED) is 0.799. The van der Waals surface area contributed by atoms with E-state index in [1.54, 1.807) is 0 Å². The van der Waals surface area contributed by atoms with Crippen molar-refractivity contribution in [1.82, 2.24) is 10.2 Å². The fourth-order valence-electron chi connectivity index (χ4n) is 3.77. The van der Waals surface area contributed by atoms with Crippen molar-refractivity contribution in [3.05, 3.63) is 0 Å². The molecule has 1 amide bonds. The number of aliphatic hydroxyl groups is 1. The van der Waals surface area contributed by atoms with Crippen molar-refractivity contribution in [2.45, 2.75) is 50.3 Å². The highest BCUT2D eigenvalue weighted by molar-refractivity contribution is 5.85. The van der Waals surface area contributed by atoms with E-state index in [4.69, 9.17) is 9.84 Å². The van der Waals surface area contributed by atoms with Crippen molar-refractivity contribution in [2.75, 3.05) is 26.3 Å². The van der Waals surface area contributed by atoms with Crippen LogP contribution in [0.2, 0.25) is 0 Å². The monoisotopic (exact) mass is 304 g/mol. The predicted molar refractivity (Wildman–Crippen MR) is 77.9 cm³/mol. The van der Waals surface area contributed by atoms with E-state index in [0.717, 1.165) is 12.8 Å². The SMILES string of the molecule is Cl.O=C(CC1CC2CCC(C1)N2)N1CCOC(CO)C1. The van der Waals surface area contributed by atoms with Crippen LogP contribution in [-0.2, 0) is 9.53 Å². The van der Waals surface area contributed by atoms with E-state index in [2.05, 4.69) is 5.32 Å². The Hall–Kier alpha value is -0.360. The normalized spacial score (nSPS) is 36.5. The maximum Gasteiger partial charge on any atom is 0.223 e. The summed E-state index contributed by atoms with van der Waals surface area (Å²) in [5.74, 6) is 0.787. The lowest BCUT2D eigenvalue weighted by atomic mass is 9.89. The summed E-state index contributed by atoms with van der Waals surface area (Å²) in [5.41, 5.74) is 0. The van der Waals surface area contributed by atoms with Crippen LogP contribution < -0.4 is 5.32 Å². The van der Waals surface area contributed by atoms with E-state index in [1.165, 1.54) is 12.8 Å². The number of ether oxygens (including phenoxy) is 1. The number of piperidine rings is 1. The topological polar surface area (TPSA) is 61.8 Å². The zero-order valence-corrected chi connectivity index (χ0v) is 12.6. The number of carbonyl (C=O) groups is 1. The number of carbonyl (C=O) groups excluding carboxylic acids is 1. The molecule has 0 aromatic carbocycles. The number of morpholine rings is 1. The number of fused-ring (bicyclic) bond motifs is 2. The molecule has 0 spiro atoms. The van der Waals surface area contributed by atoms with Gasteiger partial charge in [0.1, 0.15) is 0 Å². The fraction of sp³-hybridized carbons (Fsp3) is 0.929. The molecule has 5 nitrogen and oxygen atoms in total. The van der Waals surface area contributed by atoms with Gasteiger partial charge in [-0.2, -0.15) is 0 Å². The molecular weight excluding hydrogens is 280 g/mol. The van der Waals surface area contributed by atoms with Crippen LogP contribution in [0.15, 0.2) is 0 Å². The zero-order chi connectivity index (χ0) is 13.2. The summed E-state index contributed by atoms with van der Waals surface area (Å²) < 4.78 is 5.39. The lowest BCUT2D eigenvalue weighted by Crippen LogP contribution is -2.48. The largest absolute Gasteiger partial charge is 0.394 e. The summed E-state index contributed by atoms with van der Waals surface area (Å²) in [6.45, 7) is 1.77. The minimum absolute atomic E-state index is 0. The van der Waals surface area contributed by atoms with Crippen LogP contribution in [0.1, 0.15) is 32.1 Å². The third-order valence-electron chi connectivity index (χ3n) is 4.73. The molecule has 0 aromatic rings. The van der Waals surface area contributed by atoms with E-state index in [1.807, 2.05) is 4.90 Å². The predicted octanol–water partition coefficient (Wildman–Crippen LogP) is 0.549. The Morgan fingerprint density at radius 2 is 2.00 bits per heavy atom. The summed E-state index contributed by atoms with van der Waals surface area (Å²) >= 11 is 0. The number of nitrogens with one attached hydrogen (secondary N) is 1. The van der Waals surface area contributed by atoms with Gasteiger partial charge in [0.15, 0.2) is 0 Å². The second kappa shape index (κ2) is 7.07. The maximum atomic E-state index is 12.3. The van der Waals surface area contributed by atoms with Gasteiger partial charge in [0.05, 0.1) is 19.3 Å². The first-order valence-corrected chi connectivity index (χ1v) is 7.51. The summed E-state index contributed by atoms with van der Waals surface area (Å²) in [5, 5.41) is 12.7. The molecule has 3 atom stereocenters. The van der Waals surface area contributed by atoms with Gasteiger partial charge in [-0.25, -0.2) is 0 Å². The minimum Gasteiger partial charge on any atom is -0.394 e. The number of amides is 1. The molecule has 3 fully saturated rings. The smallest absolute Gasteiger partial charge is 0.223 e. The zero-order valence-electron chi connectivity index (χ0n) is 11.8. The number of nitrogens with zero attached hydrogens (tertiary/aromatic N) is 1. The van der Waals surface area contributed by atoms with Crippen LogP contribution in [0.3, 0.4) is 0 Å². The molecule has 3 unspecified atom stereocenters. The van der Waals surface area contributed by atoms with Crippen molar-refractivity contribution in [3.8, 4) is 0 Å². The van der Waals surface area contributed by atoms with Crippen LogP contribution in [-0.4, -0.2) is 60.4 Å². The standard InChI is InChI=1S/C14H24N2O3.ClH/c17-9-13-8-16(3-4-19-13)14(18)7-10-5-11-1-2-12(6-10)15-11;/h10-13,15,17H,1-9H2;1H. The molecule has 0 aliphatic carbocycles. The molecule has 6 heteroatoms. The van der Waals surface area contributed by atoms with Gasteiger partial charge in [0.25, 0.3) is 0 Å². The van der Waals surface area contributed by atoms with Crippen molar-refractivity contribution < 1.29 is 14.6 Å². The van der Waals surface area contributed by atoms with Crippen LogP contribution in [0.25, 0.3) is 0 Å². The van der Waals surface area contributed by atoms with E-state index >= 15 is 0 Å². The first-order valence-electron chi connectivity index (χ1n) is 7.51. The molecule has 3 aliphatic heterocycles. The van der Waals surface area contributed by atoms with Gasteiger partial charge in [0.2, 0.25) is 5.91 Å². The molecule has 0 aromatic heterocycles. The number of hydrogen-bond acceptors (Lipinski definition) is 4. The highest BCUT2D eigenvalue weighted by atomic mass is 35.5. The van der Waals surface area contributed by atoms with Crippen LogP contribution in [0.5, 0.6) is 0 Å². The summed E-state index contributed by atoms with van der Waals surface area (Å²) in [7, 11) is 0. The molecule has 0 radical (unpaired) electrons. The van der Waals surface area contributed by atoms with Crippen LogP contribution in [0.4, 0.5) is 0 Å². The highest BCUT2D eigenvalue weighted by Gasteiger charge is 2.35. The molecule has 3 aliphatic rings. The van der Waals surface area contributed by atoms with Crippen molar-refractivity contribution in [1.29, 1.82) is 0 Å². The Labute approximate surface area is 126 Å². The van der Waals surface area contributed by atoms with Gasteiger partial charge in [-0.15, -0.1) is 12.4 Å². The van der Waals surface area contributed by atoms with Crippen LogP contribution >= 0.6 is 12.4 Å². The number of halogens is 1. The lowest BCUT2D eigenvalue weighted by molar-refractivity contribution is -0.141. The van der Waals surface area contributed by atoms with Gasteiger partial charge in [-0.05, 0) is 31.6 Å². The van der Waals surface area contributed by atoms with Gasteiger partial charge in [-0.1, -0.05) is 0 Å². The Balaban J connectivity index is 0.00000147. The Morgan fingerprint density at radius 3 is 2.65 bits per heavy atom.